The number of hydrogen-bond acceptors (Lipinski definition) is 1. The van der Waals surface area contributed by atoms with Crippen LogP contribution in [0.15, 0.2) is 30.5 Å². The minimum Gasteiger partial charge on any atom is -0.256 e. The summed E-state index contributed by atoms with van der Waals surface area (Å²) in [7, 11) is 0. The van der Waals surface area contributed by atoms with E-state index in [1.807, 2.05) is 12.1 Å². The molecule has 0 bridgehead atoms. The van der Waals surface area contributed by atoms with Crippen molar-refractivity contribution in [3.8, 4) is 0 Å². The Kier molecular flexibility index (Phi) is 2.22. The van der Waals surface area contributed by atoms with Crippen LogP contribution in [0.25, 0.3) is 10.9 Å². The lowest BCUT2D eigenvalue weighted by atomic mass is 9.84. The molecular formula is C13H14FN. The summed E-state index contributed by atoms with van der Waals surface area (Å²) < 4.78 is 13.4. The third-order valence-corrected chi connectivity index (χ3v) is 2.49. The number of aromatic nitrogens is 1. The first-order valence-corrected chi connectivity index (χ1v) is 5.03. The van der Waals surface area contributed by atoms with Crippen molar-refractivity contribution in [2.45, 2.75) is 26.2 Å². The molecule has 1 aromatic heterocycles. The predicted molar refractivity (Wildman–Crippen MR) is 60.4 cm³/mol. The Morgan fingerprint density at radius 3 is 2.60 bits per heavy atom. The highest BCUT2D eigenvalue weighted by molar-refractivity contribution is 5.83. The highest BCUT2D eigenvalue weighted by atomic mass is 19.1. The summed E-state index contributed by atoms with van der Waals surface area (Å²) in [5, 5.41) is 1.03. The molecule has 0 aliphatic carbocycles. The minimum atomic E-state index is -0.217. The van der Waals surface area contributed by atoms with Crippen molar-refractivity contribution in [1.29, 1.82) is 0 Å². The van der Waals surface area contributed by atoms with Gasteiger partial charge in [0.2, 0.25) is 0 Å². The summed E-state index contributed by atoms with van der Waals surface area (Å²) >= 11 is 0. The van der Waals surface area contributed by atoms with Gasteiger partial charge in [-0.3, -0.25) is 4.98 Å². The van der Waals surface area contributed by atoms with E-state index < -0.39 is 0 Å². The van der Waals surface area contributed by atoms with Crippen LogP contribution in [0.5, 0.6) is 0 Å². The predicted octanol–water partition coefficient (Wildman–Crippen LogP) is 3.67. The molecule has 0 fully saturated rings. The summed E-state index contributed by atoms with van der Waals surface area (Å²) in [6.07, 6.45) is 1.69. The van der Waals surface area contributed by atoms with Gasteiger partial charge < -0.3 is 0 Å². The van der Waals surface area contributed by atoms with Gasteiger partial charge in [0.15, 0.2) is 0 Å². The van der Waals surface area contributed by atoms with Gasteiger partial charge in [-0.25, -0.2) is 4.39 Å². The topological polar surface area (TPSA) is 12.9 Å². The molecule has 0 radical (unpaired) electrons. The maximum Gasteiger partial charge on any atom is 0.125 e. The fourth-order valence-electron chi connectivity index (χ4n) is 1.77. The second-order valence-corrected chi connectivity index (χ2v) is 4.77. The normalized spacial score (nSPS) is 12.0. The van der Waals surface area contributed by atoms with Crippen molar-refractivity contribution in [3.05, 3.63) is 41.8 Å². The van der Waals surface area contributed by atoms with Crippen LogP contribution in [-0.2, 0) is 5.41 Å². The molecule has 2 heteroatoms. The van der Waals surface area contributed by atoms with Crippen LogP contribution in [0.4, 0.5) is 4.39 Å². The van der Waals surface area contributed by atoms with Crippen LogP contribution < -0.4 is 0 Å². The van der Waals surface area contributed by atoms with Crippen LogP contribution in [0, 0.1) is 5.82 Å². The first kappa shape index (κ1) is 10.1. The molecule has 2 rings (SSSR count). The molecule has 15 heavy (non-hydrogen) atoms. The van der Waals surface area contributed by atoms with Gasteiger partial charge in [0.25, 0.3) is 0 Å². The van der Waals surface area contributed by atoms with E-state index in [1.54, 1.807) is 12.3 Å². The molecule has 2 aromatic rings. The van der Waals surface area contributed by atoms with E-state index in [1.165, 1.54) is 6.07 Å². The molecule has 1 aromatic carbocycles. The van der Waals surface area contributed by atoms with Gasteiger partial charge in [-0.1, -0.05) is 26.8 Å². The van der Waals surface area contributed by atoms with E-state index in [0.717, 1.165) is 16.5 Å². The van der Waals surface area contributed by atoms with Gasteiger partial charge >= 0.3 is 0 Å². The quantitative estimate of drug-likeness (QED) is 0.636. The smallest absolute Gasteiger partial charge is 0.125 e. The third-order valence-electron chi connectivity index (χ3n) is 2.49. The molecule has 1 heterocycles. The lowest BCUT2D eigenvalue weighted by Crippen LogP contribution is -2.12. The Morgan fingerprint density at radius 1 is 1.20 bits per heavy atom. The number of halogens is 1. The summed E-state index contributed by atoms with van der Waals surface area (Å²) in [6, 6.07) is 6.95. The number of nitrogens with zero attached hydrogens (tertiary/aromatic N) is 1. The maximum absolute atomic E-state index is 13.4. The molecule has 0 aliphatic rings. The Bertz CT molecular complexity index is 497. The van der Waals surface area contributed by atoms with Crippen molar-refractivity contribution < 1.29 is 4.39 Å². The van der Waals surface area contributed by atoms with Gasteiger partial charge in [-0.15, -0.1) is 0 Å². The van der Waals surface area contributed by atoms with Gasteiger partial charge in [-0.2, -0.15) is 0 Å². The fourth-order valence-corrected chi connectivity index (χ4v) is 1.77. The molecule has 0 spiro atoms. The summed E-state index contributed by atoms with van der Waals surface area (Å²) in [4.78, 5) is 4.18. The zero-order valence-corrected chi connectivity index (χ0v) is 9.21. The van der Waals surface area contributed by atoms with E-state index >= 15 is 0 Å². The Balaban J connectivity index is 2.83. The molecule has 0 unspecified atom stereocenters. The molecule has 0 aliphatic heterocycles. The van der Waals surface area contributed by atoms with E-state index in [0.29, 0.717) is 0 Å². The molecule has 0 amide bonds. The van der Waals surface area contributed by atoms with Gasteiger partial charge in [0.1, 0.15) is 5.82 Å². The van der Waals surface area contributed by atoms with Gasteiger partial charge in [0.05, 0.1) is 5.52 Å². The number of fused-ring (bicyclic) bond motifs is 1. The zero-order chi connectivity index (χ0) is 11.1. The minimum absolute atomic E-state index is 0.0661. The SMILES string of the molecule is CC(C)(C)c1cc(F)cc2ncccc12. The van der Waals surface area contributed by atoms with Crippen molar-refractivity contribution in [1.82, 2.24) is 4.98 Å². The average Bonchev–Trinajstić information content (AvgIpc) is 2.15. The second kappa shape index (κ2) is 3.30. The molecule has 1 nitrogen and oxygen atoms in total. The van der Waals surface area contributed by atoms with Crippen molar-refractivity contribution in [3.63, 3.8) is 0 Å². The largest absolute Gasteiger partial charge is 0.256 e. The number of hydrogen-bond donors (Lipinski definition) is 0. The van der Waals surface area contributed by atoms with Crippen molar-refractivity contribution >= 4 is 10.9 Å². The maximum atomic E-state index is 13.4. The molecule has 78 valence electrons. The highest BCUT2D eigenvalue weighted by Gasteiger charge is 2.18. The van der Waals surface area contributed by atoms with Crippen LogP contribution in [0.1, 0.15) is 26.3 Å². The highest BCUT2D eigenvalue weighted by Crippen LogP contribution is 2.29. The van der Waals surface area contributed by atoms with Crippen LogP contribution in [-0.4, -0.2) is 4.98 Å². The summed E-state index contributed by atoms with van der Waals surface area (Å²) in [5.74, 6) is -0.217. The van der Waals surface area contributed by atoms with E-state index in [-0.39, 0.29) is 11.2 Å². The van der Waals surface area contributed by atoms with E-state index in [2.05, 4.69) is 25.8 Å². The molecule has 0 N–H and O–H groups in total. The Labute approximate surface area is 89.0 Å². The molecular weight excluding hydrogens is 189 g/mol. The van der Waals surface area contributed by atoms with Crippen molar-refractivity contribution in [2.24, 2.45) is 0 Å². The van der Waals surface area contributed by atoms with Crippen LogP contribution in [0.3, 0.4) is 0 Å². The summed E-state index contributed by atoms with van der Waals surface area (Å²) in [6.45, 7) is 6.23. The van der Waals surface area contributed by atoms with Crippen molar-refractivity contribution in [2.75, 3.05) is 0 Å². The lowest BCUT2D eigenvalue weighted by molar-refractivity contribution is 0.578. The van der Waals surface area contributed by atoms with E-state index in [9.17, 15) is 4.39 Å². The molecule has 0 atom stereocenters. The summed E-state index contributed by atoms with van der Waals surface area (Å²) in [5.41, 5.74) is 1.66. The first-order chi connectivity index (χ1) is 6.98. The van der Waals surface area contributed by atoms with Crippen LogP contribution >= 0.6 is 0 Å². The Hall–Kier alpha value is -1.44. The lowest BCUT2D eigenvalue weighted by Gasteiger charge is -2.21. The monoisotopic (exact) mass is 203 g/mol. The average molecular weight is 203 g/mol. The van der Waals surface area contributed by atoms with Crippen LogP contribution in [0.2, 0.25) is 0 Å². The number of rotatable bonds is 0. The standard InChI is InChI=1S/C13H14FN/c1-13(2,3)11-7-9(14)8-12-10(11)5-4-6-15-12/h4-8H,1-3H3. The number of pyridine rings is 1. The molecule has 0 saturated carbocycles. The third kappa shape index (κ3) is 1.84. The zero-order valence-electron chi connectivity index (χ0n) is 9.21. The number of benzene rings is 1. The van der Waals surface area contributed by atoms with E-state index in [4.69, 9.17) is 0 Å². The Morgan fingerprint density at radius 2 is 1.93 bits per heavy atom. The first-order valence-electron chi connectivity index (χ1n) is 5.03. The fraction of sp³-hybridized carbons (Fsp3) is 0.308. The van der Waals surface area contributed by atoms with Gasteiger partial charge in [-0.05, 0) is 23.1 Å². The molecule has 0 saturated heterocycles. The second-order valence-electron chi connectivity index (χ2n) is 4.77. The van der Waals surface area contributed by atoms with Gasteiger partial charge in [0, 0.05) is 17.6 Å².